The Morgan fingerprint density at radius 3 is 1.02 bits per heavy atom. The van der Waals surface area contributed by atoms with E-state index in [-0.39, 0.29) is 35.0 Å². The summed E-state index contributed by atoms with van der Waals surface area (Å²) in [6, 6.07) is 9.31. The number of carbonyl (C=O) groups is 4. The van der Waals surface area contributed by atoms with Crippen molar-refractivity contribution in [1.29, 1.82) is 0 Å². The quantitative estimate of drug-likeness (QED) is 0.0804. The molecule has 2 aliphatic heterocycles. The second kappa shape index (κ2) is 12.6. The molecule has 0 spiro atoms. The van der Waals surface area contributed by atoms with E-state index in [9.17, 15) is 19.2 Å². The summed E-state index contributed by atoms with van der Waals surface area (Å²) in [5.74, 6) is -28.8. The van der Waals surface area contributed by atoms with Crippen molar-refractivity contribution >= 4 is 35.0 Å². The third kappa shape index (κ3) is 4.86. The molecule has 2 saturated carbocycles. The summed E-state index contributed by atoms with van der Waals surface area (Å²) in [5.41, 5.74) is -4.43. The van der Waals surface area contributed by atoms with Crippen LogP contribution in [0.4, 0.5) is 46.5 Å². The Morgan fingerprint density at radius 1 is 0.431 bits per heavy atom. The van der Waals surface area contributed by atoms with Gasteiger partial charge in [-0.15, -0.1) is 0 Å². The Bertz CT molecular complexity index is 2350. The van der Waals surface area contributed by atoms with E-state index in [4.69, 9.17) is 9.47 Å². The van der Waals surface area contributed by atoms with Crippen LogP contribution in [0.2, 0.25) is 0 Å². The van der Waals surface area contributed by atoms with E-state index in [2.05, 4.69) is 0 Å². The molecule has 0 aromatic heterocycles. The van der Waals surface area contributed by atoms with Crippen molar-refractivity contribution in [2.75, 3.05) is 9.80 Å². The highest BCUT2D eigenvalue weighted by atomic mass is 19.2. The number of fused-ring (bicyclic) bond motifs is 10. The van der Waals surface area contributed by atoms with Crippen molar-refractivity contribution in [3.63, 3.8) is 0 Å². The van der Waals surface area contributed by atoms with Crippen LogP contribution in [0, 0.1) is 93.9 Å². The van der Waals surface area contributed by atoms with Gasteiger partial charge in [-0.05, 0) is 60.8 Å². The number of carbonyl (C=O) groups excluding carboxylic acids is 4. The van der Waals surface area contributed by atoms with Crippen molar-refractivity contribution in [2.45, 2.75) is 12.8 Å². The van der Waals surface area contributed by atoms with E-state index in [1.54, 1.807) is 0 Å². The van der Waals surface area contributed by atoms with Crippen molar-refractivity contribution in [3.8, 4) is 34.1 Å². The molecular formula is C42H24F8N2O6. The average molecular weight is 805 g/mol. The molecule has 10 rings (SSSR count). The fourth-order valence-electron chi connectivity index (χ4n) is 9.76. The molecule has 2 heterocycles. The van der Waals surface area contributed by atoms with E-state index >= 15 is 35.1 Å². The highest BCUT2D eigenvalue weighted by Gasteiger charge is 2.61. The zero-order chi connectivity index (χ0) is 40.6. The van der Waals surface area contributed by atoms with E-state index in [1.165, 1.54) is 24.3 Å². The number of amides is 4. The minimum atomic E-state index is -2.49. The Balaban J connectivity index is 0.938. The molecule has 4 aromatic carbocycles. The molecule has 4 aromatic rings. The number of ether oxygens (including phenoxy) is 2. The molecule has 4 aliphatic carbocycles. The summed E-state index contributed by atoms with van der Waals surface area (Å²) in [6.07, 6.45) is 8.79. The Hall–Kier alpha value is -6.32. The van der Waals surface area contributed by atoms with Gasteiger partial charge in [-0.1, -0.05) is 36.4 Å². The minimum Gasteiger partial charge on any atom is -0.451 e. The summed E-state index contributed by atoms with van der Waals surface area (Å²) >= 11 is 0. The van der Waals surface area contributed by atoms with Crippen LogP contribution in [-0.4, -0.2) is 23.6 Å². The van der Waals surface area contributed by atoms with Gasteiger partial charge >= 0.3 is 0 Å². The van der Waals surface area contributed by atoms with Crippen LogP contribution in [0.15, 0.2) is 72.8 Å². The number of hydrogen-bond acceptors (Lipinski definition) is 6. The molecule has 4 fully saturated rings. The average Bonchev–Trinajstić information content (AvgIpc) is 4.08. The van der Waals surface area contributed by atoms with Gasteiger partial charge in [0.15, 0.2) is 23.3 Å². The van der Waals surface area contributed by atoms with Crippen LogP contribution in [-0.2, 0) is 19.2 Å². The van der Waals surface area contributed by atoms with Crippen molar-refractivity contribution < 1.29 is 63.8 Å². The molecule has 8 atom stereocenters. The summed E-state index contributed by atoms with van der Waals surface area (Å²) < 4.78 is 134. The van der Waals surface area contributed by atoms with Gasteiger partial charge < -0.3 is 9.47 Å². The first-order valence-corrected chi connectivity index (χ1v) is 18.2. The number of imide groups is 2. The van der Waals surface area contributed by atoms with Crippen molar-refractivity contribution in [1.82, 2.24) is 0 Å². The highest BCUT2D eigenvalue weighted by molar-refractivity contribution is 6.23. The first kappa shape index (κ1) is 36.0. The van der Waals surface area contributed by atoms with Gasteiger partial charge in [0.1, 0.15) is 11.5 Å². The number of hydrogen-bond donors (Lipinski definition) is 0. The molecule has 16 heteroatoms. The van der Waals surface area contributed by atoms with Crippen molar-refractivity contribution in [2.24, 2.45) is 47.3 Å². The zero-order valence-corrected chi connectivity index (χ0v) is 29.3. The molecule has 8 nitrogen and oxygen atoms in total. The van der Waals surface area contributed by atoms with Gasteiger partial charge in [-0.25, -0.2) is 27.4 Å². The fourth-order valence-corrected chi connectivity index (χ4v) is 9.76. The number of nitrogens with zero attached hydrogens (tertiary/aromatic N) is 2. The molecule has 0 radical (unpaired) electrons. The lowest BCUT2D eigenvalue weighted by atomic mass is 9.85. The summed E-state index contributed by atoms with van der Waals surface area (Å²) in [5, 5.41) is 0. The standard InChI is InChI=1S/C42H24F8N2O6/c43-29-27(30(44)34(48)37(33(29)47)57-21-5-1-3-19(13-21)51-39(53)23-15-7-8-16(11-15)24(23)40(51)54)28-31(45)35(49)38(36(50)32(28)46)58-22-6-2-4-20(14-22)52-41(55)25-17-9-10-18(12-17)26(25)42(52)56/h1-10,13-18,23-26H,11-12H2/t15-,16-,17-,18-,23-,24+,25+,26+/m0/s1. The smallest absolute Gasteiger partial charge is 0.238 e. The zero-order valence-electron chi connectivity index (χ0n) is 29.3. The molecule has 0 unspecified atom stereocenters. The van der Waals surface area contributed by atoms with Crippen LogP contribution < -0.4 is 19.3 Å². The predicted molar refractivity (Wildman–Crippen MR) is 185 cm³/mol. The van der Waals surface area contributed by atoms with E-state index in [1.807, 2.05) is 24.3 Å². The first-order valence-electron chi connectivity index (χ1n) is 18.2. The SMILES string of the molecule is O=C1[C@@H]2[C@H](C(=O)N1c1cccc(Oc3c(F)c(F)c(-c4c(F)c(F)c(Oc5cccc(N6C(=O)[C@H]7[C@H](C6=O)[C@H]6C=C[C@H]7C6)c5)c(F)c4F)c(F)c3F)c1)[C@H]1C=C[C@H]2C1. The second-order valence-electron chi connectivity index (χ2n) is 15.1. The topological polar surface area (TPSA) is 93.2 Å². The molecule has 4 amide bonds. The van der Waals surface area contributed by atoms with E-state index in [0.29, 0.717) is 12.8 Å². The van der Waals surface area contributed by atoms with Crippen LogP contribution in [0.5, 0.6) is 23.0 Å². The predicted octanol–water partition coefficient (Wildman–Crippen LogP) is 8.67. The maximum Gasteiger partial charge on any atom is 0.238 e. The van der Waals surface area contributed by atoms with E-state index < -0.39 is 128 Å². The number of halogens is 8. The highest BCUT2D eigenvalue weighted by Crippen LogP contribution is 2.55. The van der Waals surface area contributed by atoms with Gasteiger partial charge in [-0.3, -0.25) is 19.2 Å². The van der Waals surface area contributed by atoms with Crippen molar-refractivity contribution in [3.05, 3.63) is 119 Å². The van der Waals surface area contributed by atoms with Crippen LogP contribution in [0.1, 0.15) is 12.8 Å². The third-order valence-electron chi connectivity index (χ3n) is 12.2. The normalized spacial score (nSPS) is 27.4. The lowest BCUT2D eigenvalue weighted by Crippen LogP contribution is -2.32. The molecular weight excluding hydrogens is 780 g/mol. The Kier molecular flexibility index (Phi) is 7.82. The minimum absolute atomic E-state index is 0.0617. The third-order valence-corrected chi connectivity index (χ3v) is 12.2. The lowest BCUT2D eigenvalue weighted by molar-refractivity contribution is -0.124. The first-order chi connectivity index (χ1) is 27.8. The maximum atomic E-state index is 15.6. The number of benzene rings is 4. The molecule has 294 valence electrons. The van der Waals surface area contributed by atoms with Crippen LogP contribution in [0.25, 0.3) is 11.1 Å². The molecule has 2 saturated heterocycles. The van der Waals surface area contributed by atoms with Gasteiger partial charge in [0.25, 0.3) is 0 Å². The maximum absolute atomic E-state index is 15.6. The molecule has 58 heavy (non-hydrogen) atoms. The monoisotopic (exact) mass is 804 g/mol. The summed E-state index contributed by atoms with van der Waals surface area (Å²) in [6.45, 7) is 0. The number of rotatable bonds is 7. The van der Waals surface area contributed by atoms with Gasteiger partial charge in [0, 0.05) is 12.1 Å². The molecule has 6 aliphatic rings. The summed E-state index contributed by atoms with van der Waals surface area (Å²) in [7, 11) is 0. The van der Waals surface area contributed by atoms with Gasteiger partial charge in [0.05, 0.1) is 46.2 Å². The van der Waals surface area contributed by atoms with E-state index in [0.717, 1.165) is 34.1 Å². The molecule has 4 bridgehead atoms. The van der Waals surface area contributed by atoms with Crippen LogP contribution in [0.3, 0.4) is 0 Å². The largest absolute Gasteiger partial charge is 0.451 e. The second-order valence-corrected chi connectivity index (χ2v) is 15.1. The fraction of sp³-hybridized carbons (Fsp3) is 0.238. The lowest BCUT2D eigenvalue weighted by Gasteiger charge is -2.19. The number of allylic oxidation sites excluding steroid dienone is 4. The van der Waals surface area contributed by atoms with Gasteiger partial charge in [-0.2, -0.15) is 17.6 Å². The van der Waals surface area contributed by atoms with Gasteiger partial charge in [0.2, 0.25) is 58.4 Å². The molecule has 0 N–H and O–H groups in total. The Labute approximate surface area is 321 Å². The van der Waals surface area contributed by atoms with Crippen LogP contribution >= 0.6 is 0 Å². The number of anilines is 2. The Morgan fingerprint density at radius 2 is 0.724 bits per heavy atom. The summed E-state index contributed by atoms with van der Waals surface area (Å²) in [4.78, 5) is 54.7.